The molecule has 0 bridgehead atoms. The largest absolute Gasteiger partial charge is 0.385 e. The number of aliphatic imine (C=N–C) groups is 1. The van der Waals surface area contributed by atoms with Crippen LogP contribution in [0.1, 0.15) is 51.2 Å². The molecule has 0 aliphatic carbocycles. The van der Waals surface area contributed by atoms with Gasteiger partial charge in [-0.3, -0.25) is 4.99 Å². The first-order valence-electron chi connectivity index (χ1n) is 9.00. The van der Waals surface area contributed by atoms with Crippen LogP contribution in [-0.4, -0.2) is 39.8 Å². The average Bonchev–Trinajstić information content (AvgIpc) is 2.56. The molecule has 0 spiro atoms. The molecular formula is C20H35N3O. The molecule has 0 amide bonds. The van der Waals surface area contributed by atoms with E-state index in [1.165, 1.54) is 17.5 Å². The number of guanidine groups is 1. The molecule has 0 saturated heterocycles. The quantitative estimate of drug-likeness (QED) is 0.413. The number of benzene rings is 1. The number of ether oxygens (including phenoxy) is 1. The van der Waals surface area contributed by atoms with Crippen molar-refractivity contribution in [3.05, 3.63) is 35.4 Å². The smallest absolute Gasteiger partial charge is 0.190 e. The number of hydrogen-bond acceptors (Lipinski definition) is 2. The molecule has 2 N–H and O–H groups in total. The summed E-state index contributed by atoms with van der Waals surface area (Å²) in [4.78, 5) is 4.27. The van der Waals surface area contributed by atoms with Crippen molar-refractivity contribution in [3.63, 3.8) is 0 Å². The minimum absolute atomic E-state index is 0.214. The van der Waals surface area contributed by atoms with Crippen molar-refractivity contribution < 1.29 is 4.74 Å². The van der Waals surface area contributed by atoms with Gasteiger partial charge in [-0.25, -0.2) is 0 Å². The SMILES string of the molecule is CN=C(NCCCCCOC)NCCc1ccc(C(C)(C)C)cc1. The highest BCUT2D eigenvalue weighted by atomic mass is 16.5. The van der Waals surface area contributed by atoms with E-state index >= 15 is 0 Å². The topological polar surface area (TPSA) is 45.7 Å². The maximum atomic E-state index is 5.06. The van der Waals surface area contributed by atoms with E-state index in [2.05, 4.69) is 60.7 Å². The molecule has 0 unspecified atom stereocenters. The van der Waals surface area contributed by atoms with Gasteiger partial charge < -0.3 is 15.4 Å². The highest BCUT2D eigenvalue weighted by Gasteiger charge is 2.12. The van der Waals surface area contributed by atoms with Gasteiger partial charge in [-0.2, -0.15) is 0 Å². The molecule has 4 heteroatoms. The van der Waals surface area contributed by atoms with E-state index in [-0.39, 0.29) is 5.41 Å². The van der Waals surface area contributed by atoms with Crippen LogP contribution >= 0.6 is 0 Å². The zero-order valence-electron chi connectivity index (χ0n) is 16.1. The number of methoxy groups -OCH3 is 1. The molecule has 0 aliphatic rings. The van der Waals surface area contributed by atoms with Crippen molar-refractivity contribution in [1.29, 1.82) is 0 Å². The molecular weight excluding hydrogens is 298 g/mol. The maximum absolute atomic E-state index is 5.06. The zero-order valence-corrected chi connectivity index (χ0v) is 16.1. The average molecular weight is 334 g/mol. The monoisotopic (exact) mass is 333 g/mol. The summed E-state index contributed by atoms with van der Waals surface area (Å²) in [6.45, 7) is 9.42. The molecule has 0 atom stereocenters. The fourth-order valence-corrected chi connectivity index (χ4v) is 2.47. The lowest BCUT2D eigenvalue weighted by atomic mass is 9.86. The molecule has 0 aromatic heterocycles. The van der Waals surface area contributed by atoms with Crippen LogP contribution in [0.15, 0.2) is 29.3 Å². The van der Waals surface area contributed by atoms with Crippen LogP contribution in [0, 0.1) is 0 Å². The van der Waals surface area contributed by atoms with Gasteiger partial charge in [0.05, 0.1) is 0 Å². The summed E-state index contributed by atoms with van der Waals surface area (Å²) in [5, 5.41) is 6.74. The lowest BCUT2D eigenvalue weighted by Crippen LogP contribution is -2.38. The molecule has 1 rings (SSSR count). The Morgan fingerprint density at radius 3 is 2.25 bits per heavy atom. The Balaban J connectivity index is 2.24. The van der Waals surface area contributed by atoms with Crippen LogP contribution in [0.25, 0.3) is 0 Å². The molecule has 0 fully saturated rings. The number of unbranched alkanes of at least 4 members (excludes halogenated alkanes) is 2. The molecule has 1 aromatic carbocycles. The normalized spacial score (nSPS) is 12.3. The fraction of sp³-hybridized carbons (Fsp3) is 0.650. The molecule has 136 valence electrons. The van der Waals surface area contributed by atoms with E-state index in [1.807, 2.05) is 7.05 Å². The predicted molar refractivity (Wildman–Crippen MR) is 104 cm³/mol. The standard InChI is InChI=1S/C20H35N3O/c1-20(2,3)18-11-9-17(10-12-18)13-15-23-19(21-4)22-14-7-6-8-16-24-5/h9-12H,6-8,13-16H2,1-5H3,(H2,21,22,23). The Morgan fingerprint density at radius 2 is 1.67 bits per heavy atom. The van der Waals surface area contributed by atoms with Gasteiger partial charge in [-0.1, -0.05) is 45.0 Å². The van der Waals surface area contributed by atoms with Crippen LogP contribution in [-0.2, 0) is 16.6 Å². The van der Waals surface area contributed by atoms with Crippen LogP contribution in [0.3, 0.4) is 0 Å². The van der Waals surface area contributed by atoms with Gasteiger partial charge in [0, 0.05) is 33.9 Å². The molecule has 0 aliphatic heterocycles. The molecule has 24 heavy (non-hydrogen) atoms. The van der Waals surface area contributed by atoms with Gasteiger partial charge in [-0.05, 0) is 42.2 Å². The summed E-state index contributed by atoms with van der Waals surface area (Å²) >= 11 is 0. The Bertz CT molecular complexity index is 475. The summed E-state index contributed by atoms with van der Waals surface area (Å²) in [7, 11) is 3.57. The van der Waals surface area contributed by atoms with E-state index in [0.717, 1.165) is 44.9 Å². The lowest BCUT2D eigenvalue weighted by Gasteiger charge is -2.19. The minimum atomic E-state index is 0.214. The van der Waals surface area contributed by atoms with Crippen molar-refractivity contribution in [3.8, 4) is 0 Å². The van der Waals surface area contributed by atoms with Gasteiger partial charge >= 0.3 is 0 Å². The maximum Gasteiger partial charge on any atom is 0.190 e. The number of nitrogens with zero attached hydrogens (tertiary/aromatic N) is 1. The van der Waals surface area contributed by atoms with Crippen LogP contribution in [0.5, 0.6) is 0 Å². The number of hydrogen-bond donors (Lipinski definition) is 2. The van der Waals surface area contributed by atoms with Gasteiger partial charge in [0.25, 0.3) is 0 Å². The highest BCUT2D eigenvalue weighted by molar-refractivity contribution is 5.79. The first-order valence-corrected chi connectivity index (χ1v) is 9.00. The summed E-state index contributed by atoms with van der Waals surface area (Å²) < 4.78 is 5.06. The van der Waals surface area contributed by atoms with Gasteiger partial charge in [0.15, 0.2) is 5.96 Å². The Kier molecular flexibility index (Phi) is 9.46. The van der Waals surface area contributed by atoms with Gasteiger partial charge in [0.1, 0.15) is 0 Å². The molecule has 0 heterocycles. The van der Waals surface area contributed by atoms with Gasteiger partial charge in [-0.15, -0.1) is 0 Å². The van der Waals surface area contributed by atoms with Crippen LogP contribution < -0.4 is 10.6 Å². The summed E-state index contributed by atoms with van der Waals surface area (Å²) in [6.07, 6.45) is 4.43. The molecule has 0 saturated carbocycles. The lowest BCUT2D eigenvalue weighted by molar-refractivity contribution is 0.192. The van der Waals surface area contributed by atoms with Gasteiger partial charge in [0.2, 0.25) is 0 Å². The van der Waals surface area contributed by atoms with Crippen LogP contribution in [0.4, 0.5) is 0 Å². The summed E-state index contributed by atoms with van der Waals surface area (Å²) in [6, 6.07) is 8.94. The minimum Gasteiger partial charge on any atom is -0.385 e. The second-order valence-electron chi connectivity index (χ2n) is 7.18. The Morgan fingerprint density at radius 1 is 1.00 bits per heavy atom. The third kappa shape index (κ3) is 8.34. The van der Waals surface area contributed by atoms with Crippen molar-refractivity contribution in [1.82, 2.24) is 10.6 Å². The Labute approximate surface area is 148 Å². The first-order chi connectivity index (χ1) is 11.5. The van der Waals surface area contributed by atoms with Crippen molar-refractivity contribution in [2.45, 2.75) is 51.9 Å². The zero-order chi connectivity index (χ0) is 17.8. The van der Waals surface area contributed by atoms with Crippen molar-refractivity contribution in [2.75, 3.05) is 33.9 Å². The molecule has 1 aromatic rings. The Hall–Kier alpha value is -1.55. The second-order valence-corrected chi connectivity index (χ2v) is 7.18. The van der Waals surface area contributed by atoms with E-state index < -0.39 is 0 Å². The van der Waals surface area contributed by atoms with E-state index in [0.29, 0.717) is 0 Å². The summed E-state index contributed by atoms with van der Waals surface area (Å²) in [5.41, 5.74) is 2.95. The van der Waals surface area contributed by atoms with E-state index in [4.69, 9.17) is 4.74 Å². The molecule has 4 nitrogen and oxygen atoms in total. The number of nitrogens with one attached hydrogen (secondary N) is 2. The molecule has 0 radical (unpaired) electrons. The third-order valence-electron chi connectivity index (χ3n) is 4.07. The predicted octanol–water partition coefficient (Wildman–Crippen LogP) is 3.51. The first kappa shape index (κ1) is 20.5. The third-order valence-corrected chi connectivity index (χ3v) is 4.07. The highest BCUT2D eigenvalue weighted by Crippen LogP contribution is 2.22. The number of rotatable bonds is 9. The van der Waals surface area contributed by atoms with E-state index in [1.54, 1.807) is 7.11 Å². The van der Waals surface area contributed by atoms with Crippen molar-refractivity contribution >= 4 is 5.96 Å². The second kappa shape index (κ2) is 11.1. The van der Waals surface area contributed by atoms with E-state index in [9.17, 15) is 0 Å². The van der Waals surface area contributed by atoms with Crippen LogP contribution in [0.2, 0.25) is 0 Å². The fourth-order valence-electron chi connectivity index (χ4n) is 2.47. The van der Waals surface area contributed by atoms with Crippen molar-refractivity contribution in [2.24, 2.45) is 4.99 Å². The summed E-state index contributed by atoms with van der Waals surface area (Å²) in [5.74, 6) is 0.882.